The number of carbonyl (C=O) groups is 1. The number of nitrogens with two attached hydrogens (primary N) is 1. The van der Waals surface area contributed by atoms with Crippen molar-refractivity contribution < 1.29 is 19.4 Å². The Labute approximate surface area is 156 Å². The van der Waals surface area contributed by atoms with Gasteiger partial charge < -0.3 is 10.3 Å². The van der Waals surface area contributed by atoms with Gasteiger partial charge in [0.15, 0.2) is 0 Å². The van der Waals surface area contributed by atoms with Gasteiger partial charge in [0.1, 0.15) is 10.9 Å². The molecule has 0 bridgehead atoms. The summed E-state index contributed by atoms with van der Waals surface area (Å²) in [6.07, 6.45) is 1.60. The minimum atomic E-state index is -0.715. The van der Waals surface area contributed by atoms with Gasteiger partial charge >= 0.3 is 0 Å². The lowest BCUT2D eigenvalue weighted by Gasteiger charge is -2.31. The molecular weight excluding hydrogens is 391 g/mol. The highest BCUT2D eigenvalue weighted by Gasteiger charge is 2.38. The third-order valence-corrected chi connectivity index (χ3v) is 4.83. The number of benzene rings is 1. The molecule has 11 heteroatoms. The summed E-state index contributed by atoms with van der Waals surface area (Å²) in [4.78, 5) is 20.7. The topological polar surface area (TPSA) is 112 Å². The van der Waals surface area contributed by atoms with Gasteiger partial charge in [0, 0.05) is 22.0 Å². The number of aromatic nitrogens is 2. The van der Waals surface area contributed by atoms with Gasteiger partial charge in [-0.05, 0) is 24.6 Å². The molecule has 3 rings (SSSR count). The van der Waals surface area contributed by atoms with E-state index in [1.807, 2.05) is 0 Å². The van der Waals surface area contributed by atoms with Gasteiger partial charge in [-0.25, -0.2) is 15.2 Å². The maximum atomic E-state index is 12.1. The molecule has 132 valence electrons. The van der Waals surface area contributed by atoms with Crippen LogP contribution in [0.25, 0.3) is 0 Å². The van der Waals surface area contributed by atoms with Crippen LogP contribution in [0.2, 0.25) is 10.0 Å². The quantitative estimate of drug-likeness (QED) is 0.450. The normalized spacial score (nSPS) is 19.4. The smallest absolute Gasteiger partial charge is 0.231 e. The number of halogens is 2. The molecule has 25 heavy (non-hydrogen) atoms. The molecule has 2 aromatic rings. The molecule has 0 radical (unpaired) electrons. The lowest BCUT2D eigenvalue weighted by atomic mass is 9.87. The zero-order valence-electron chi connectivity index (χ0n) is 12.7. The van der Waals surface area contributed by atoms with E-state index in [1.54, 1.807) is 35.9 Å². The van der Waals surface area contributed by atoms with Crippen molar-refractivity contribution in [3.05, 3.63) is 40.0 Å². The van der Waals surface area contributed by atoms with Crippen molar-refractivity contribution >= 4 is 52.8 Å². The second-order valence-corrected chi connectivity index (χ2v) is 6.82. The van der Waals surface area contributed by atoms with Crippen LogP contribution in [0.15, 0.2) is 34.4 Å². The SMILES string of the molecule is CC1=Nc2nc(SOOO)cn2C(c2ccc(Cl)cc2Cl)C1C(N)=O. The maximum absolute atomic E-state index is 12.1. The minimum Gasteiger partial charge on any atom is -0.369 e. The lowest BCUT2D eigenvalue weighted by Crippen LogP contribution is -2.39. The van der Waals surface area contributed by atoms with Gasteiger partial charge in [0.25, 0.3) is 0 Å². The number of amides is 1. The fourth-order valence-corrected chi connectivity index (χ4v) is 3.68. The third kappa shape index (κ3) is 3.52. The van der Waals surface area contributed by atoms with E-state index in [1.165, 1.54) is 0 Å². The first kappa shape index (κ1) is 18.2. The second kappa shape index (κ2) is 7.32. The summed E-state index contributed by atoms with van der Waals surface area (Å²) in [5, 5.41) is 13.1. The van der Waals surface area contributed by atoms with Crippen molar-refractivity contribution in [3.63, 3.8) is 0 Å². The number of primary amides is 1. The van der Waals surface area contributed by atoms with Crippen LogP contribution in [-0.2, 0) is 14.2 Å². The molecule has 0 saturated heterocycles. The van der Waals surface area contributed by atoms with Crippen LogP contribution in [0.5, 0.6) is 0 Å². The number of fused-ring (bicyclic) bond motifs is 1. The molecule has 1 aromatic heterocycles. The Bertz CT molecular complexity index is 857. The molecule has 0 saturated carbocycles. The zero-order valence-corrected chi connectivity index (χ0v) is 15.0. The molecule has 3 N–H and O–H groups in total. The van der Waals surface area contributed by atoms with E-state index >= 15 is 0 Å². The summed E-state index contributed by atoms with van der Waals surface area (Å²) in [5.41, 5.74) is 6.77. The zero-order chi connectivity index (χ0) is 18.1. The van der Waals surface area contributed by atoms with Crippen molar-refractivity contribution in [2.75, 3.05) is 0 Å². The summed E-state index contributed by atoms with van der Waals surface area (Å²) < 4.78 is 6.06. The van der Waals surface area contributed by atoms with E-state index in [2.05, 4.69) is 19.3 Å². The number of hydrogen-bond donors (Lipinski definition) is 2. The Balaban J connectivity index is 2.14. The Morgan fingerprint density at radius 1 is 1.44 bits per heavy atom. The Hall–Kier alpha value is -1.62. The van der Waals surface area contributed by atoms with Crippen LogP contribution >= 0.6 is 35.2 Å². The molecular formula is C14H12Cl2N4O4S. The number of aliphatic imine (C=N–C) groups is 1. The van der Waals surface area contributed by atoms with Crippen LogP contribution in [0.1, 0.15) is 18.5 Å². The number of imidazole rings is 1. The van der Waals surface area contributed by atoms with E-state index in [-0.39, 0.29) is 0 Å². The highest BCUT2D eigenvalue weighted by atomic mass is 35.5. The van der Waals surface area contributed by atoms with Crippen LogP contribution in [0, 0.1) is 5.92 Å². The van der Waals surface area contributed by atoms with E-state index < -0.39 is 17.9 Å². The molecule has 1 aliphatic heterocycles. The molecule has 8 nitrogen and oxygen atoms in total. The van der Waals surface area contributed by atoms with E-state index in [0.717, 1.165) is 0 Å². The molecule has 2 atom stereocenters. The van der Waals surface area contributed by atoms with Gasteiger partial charge in [0.05, 0.1) is 18.1 Å². The highest BCUT2D eigenvalue weighted by Crippen LogP contribution is 2.41. The Kier molecular flexibility index (Phi) is 5.32. The summed E-state index contributed by atoms with van der Waals surface area (Å²) in [6, 6.07) is 4.45. The van der Waals surface area contributed by atoms with Crippen LogP contribution in [0.3, 0.4) is 0 Å². The van der Waals surface area contributed by atoms with E-state index in [9.17, 15) is 4.79 Å². The number of nitrogens with zero attached hydrogens (tertiary/aromatic N) is 3. The number of carbonyl (C=O) groups excluding carboxylic acids is 1. The summed E-state index contributed by atoms with van der Waals surface area (Å²) in [7, 11) is 0. The maximum Gasteiger partial charge on any atom is 0.231 e. The van der Waals surface area contributed by atoms with Gasteiger partial charge in [0.2, 0.25) is 11.9 Å². The van der Waals surface area contributed by atoms with Crippen molar-refractivity contribution in [2.45, 2.75) is 18.0 Å². The monoisotopic (exact) mass is 402 g/mol. The predicted molar refractivity (Wildman–Crippen MR) is 92.9 cm³/mol. The molecule has 1 amide bonds. The van der Waals surface area contributed by atoms with Crippen LogP contribution in [0.4, 0.5) is 5.95 Å². The number of hydrogen-bond acceptors (Lipinski definition) is 7. The third-order valence-electron chi connectivity index (χ3n) is 3.77. The standard InChI is InChI=1S/C14H12Cl2N4O4S/c1-6-11(13(17)21)12(8-3-2-7(15)4-9(8)16)20-5-10(25-24-23-22)19-14(20)18-6/h2-5,11-12,22H,1H3,(H2,17,21). The molecule has 1 aromatic carbocycles. The highest BCUT2D eigenvalue weighted by molar-refractivity contribution is 7.94. The van der Waals surface area contributed by atoms with Crippen molar-refractivity contribution in [3.8, 4) is 0 Å². The molecule has 0 aliphatic carbocycles. The summed E-state index contributed by atoms with van der Waals surface area (Å²) in [5.74, 6) is -0.913. The number of rotatable bonds is 5. The first-order chi connectivity index (χ1) is 11.9. The average molecular weight is 403 g/mol. The van der Waals surface area contributed by atoms with Crippen molar-refractivity contribution in [1.82, 2.24) is 9.55 Å². The minimum absolute atomic E-state index is 0.343. The van der Waals surface area contributed by atoms with E-state index in [4.69, 9.17) is 34.2 Å². The van der Waals surface area contributed by atoms with Crippen molar-refractivity contribution in [2.24, 2.45) is 16.6 Å². The van der Waals surface area contributed by atoms with Crippen LogP contribution in [-0.4, -0.2) is 26.4 Å². The van der Waals surface area contributed by atoms with E-state index in [0.29, 0.717) is 44.3 Å². The van der Waals surface area contributed by atoms with Gasteiger partial charge in [-0.1, -0.05) is 34.3 Å². The lowest BCUT2D eigenvalue weighted by molar-refractivity contribution is -0.432. The van der Waals surface area contributed by atoms with Crippen LogP contribution < -0.4 is 5.73 Å². The average Bonchev–Trinajstić information content (AvgIpc) is 2.94. The first-order valence-electron chi connectivity index (χ1n) is 6.95. The molecule has 2 heterocycles. The molecule has 2 unspecified atom stereocenters. The van der Waals surface area contributed by atoms with Gasteiger partial charge in [-0.2, -0.15) is 0 Å². The first-order valence-corrected chi connectivity index (χ1v) is 8.45. The Morgan fingerprint density at radius 3 is 2.84 bits per heavy atom. The predicted octanol–water partition coefficient (Wildman–Crippen LogP) is 3.42. The summed E-state index contributed by atoms with van der Waals surface area (Å²) in [6.45, 7) is 1.70. The van der Waals surface area contributed by atoms with Gasteiger partial charge in [-0.3, -0.25) is 4.79 Å². The molecule has 0 fully saturated rings. The Morgan fingerprint density at radius 2 is 2.20 bits per heavy atom. The second-order valence-electron chi connectivity index (χ2n) is 5.26. The molecule has 1 aliphatic rings. The fraction of sp³-hybridized carbons (Fsp3) is 0.214. The fourth-order valence-electron chi connectivity index (χ4n) is 2.79. The molecule has 0 spiro atoms. The largest absolute Gasteiger partial charge is 0.369 e. The van der Waals surface area contributed by atoms with Gasteiger partial charge in [-0.15, -0.1) is 4.33 Å². The summed E-state index contributed by atoms with van der Waals surface area (Å²) >= 11 is 13.0. The van der Waals surface area contributed by atoms with Crippen molar-refractivity contribution in [1.29, 1.82) is 0 Å².